The van der Waals surface area contributed by atoms with Gasteiger partial charge in [0.1, 0.15) is 12.7 Å². The number of carbonyl (C=O) groups excluding carboxylic acids is 1. The first-order valence-corrected chi connectivity index (χ1v) is 8.94. The molecule has 0 aromatic carbocycles. The SMILES string of the molecule is CON=C1CN(C(=O)OC(C)(C)C)C(CN)C1COS(C)(=O)=O. The Hall–Kier alpha value is -1.39. The van der Waals surface area contributed by atoms with Crippen molar-refractivity contribution in [3.63, 3.8) is 0 Å². The van der Waals surface area contributed by atoms with E-state index in [-0.39, 0.29) is 19.7 Å². The second kappa shape index (κ2) is 7.45. The second-order valence-electron chi connectivity index (χ2n) is 6.27. The van der Waals surface area contributed by atoms with Crippen LogP contribution in [0.15, 0.2) is 5.16 Å². The Morgan fingerprint density at radius 1 is 1.43 bits per heavy atom. The average molecular weight is 351 g/mol. The standard InChI is InChI=1S/C13H25N3O6S/c1-13(2,3)22-12(17)16-7-10(15-20-4)9(11(16)6-14)8-21-23(5,18)19/h9,11H,6-8,14H2,1-5H3. The number of amides is 1. The third kappa shape index (κ3) is 5.96. The lowest BCUT2D eigenvalue weighted by molar-refractivity contribution is 0.0207. The number of ether oxygens (including phenoxy) is 1. The molecule has 1 amide bonds. The van der Waals surface area contributed by atoms with Gasteiger partial charge in [0, 0.05) is 12.5 Å². The molecule has 1 aliphatic heterocycles. The molecule has 9 nitrogen and oxygen atoms in total. The van der Waals surface area contributed by atoms with Gasteiger partial charge in [-0.1, -0.05) is 5.16 Å². The highest BCUT2D eigenvalue weighted by Crippen LogP contribution is 2.25. The third-order valence-corrected chi connectivity index (χ3v) is 3.73. The summed E-state index contributed by atoms with van der Waals surface area (Å²) in [4.78, 5) is 18.5. The summed E-state index contributed by atoms with van der Waals surface area (Å²) in [6.07, 6.45) is 0.414. The van der Waals surface area contributed by atoms with Gasteiger partial charge in [0.25, 0.3) is 10.1 Å². The molecule has 0 spiro atoms. The second-order valence-corrected chi connectivity index (χ2v) is 7.92. The Bertz CT molecular complexity index is 555. The zero-order valence-electron chi connectivity index (χ0n) is 14.1. The number of likely N-dealkylation sites (tertiary alicyclic amines) is 1. The van der Waals surface area contributed by atoms with Crippen molar-refractivity contribution in [1.82, 2.24) is 4.90 Å². The summed E-state index contributed by atoms with van der Waals surface area (Å²) in [5, 5.41) is 3.87. The molecule has 0 radical (unpaired) electrons. The number of nitrogens with two attached hydrogens (primary N) is 1. The van der Waals surface area contributed by atoms with Crippen LogP contribution in [-0.2, 0) is 23.9 Å². The molecule has 2 unspecified atom stereocenters. The van der Waals surface area contributed by atoms with Gasteiger partial charge in [-0.3, -0.25) is 9.08 Å². The van der Waals surface area contributed by atoms with Crippen molar-refractivity contribution in [2.24, 2.45) is 16.8 Å². The van der Waals surface area contributed by atoms with E-state index in [4.69, 9.17) is 19.5 Å². The van der Waals surface area contributed by atoms with Gasteiger partial charge in [0.2, 0.25) is 0 Å². The number of oxime groups is 1. The van der Waals surface area contributed by atoms with Crippen molar-refractivity contribution >= 4 is 21.9 Å². The van der Waals surface area contributed by atoms with Crippen LogP contribution in [0.2, 0.25) is 0 Å². The van der Waals surface area contributed by atoms with Gasteiger partial charge in [-0.15, -0.1) is 0 Å². The van der Waals surface area contributed by atoms with Crippen LogP contribution in [-0.4, -0.2) is 69.8 Å². The van der Waals surface area contributed by atoms with E-state index in [0.29, 0.717) is 5.71 Å². The predicted molar refractivity (Wildman–Crippen MR) is 84.5 cm³/mol. The number of rotatable bonds is 5. The van der Waals surface area contributed by atoms with E-state index in [1.165, 1.54) is 12.0 Å². The van der Waals surface area contributed by atoms with Gasteiger partial charge in [-0.25, -0.2) is 4.79 Å². The lowest BCUT2D eigenvalue weighted by Crippen LogP contribution is -2.45. The molecule has 0 aromatic heterocycles. The smallest absolute Gasteiger partial charge is 0.410 e. The molecule has 1 aliphatic rings. The topological polar surface area (TPSA) is 121 Å². The van der Waals surface area contributed by atoms with Gasteiger partial charge < -0.3 is 15.3 Å². The maximum Gasteiger partial charge on any atom is 0.410 e. The Kier molecular flexibility index (Phi) is 6.37. The van der Waals surface area contributed by atoms with E-state index < -0.39 is 33.8 Å². The quantitative estimate of drug-likeness (QED) is 0.553. The maximum absolute atomic E-state index is 12.3. The summed E-state index contributed by atoms with van der Waals surface area (Å²) in [5.74, 6) is -0.484. The fourth-order valence-corrected chi connectivity index (χ4v) is 2.67. The molecular weight excluding hydrogens is 326 g/mol. The monoisotopic (exact) mass is 351 g/mol. The van der Waals surface area contributed by atoms with E-state index in [9.17, 15) is 13.2 Å². The molecule has 1 heterocycles. The molecular formula is C13H25N3O6S. The molecule has 0 aliphatic carbocycles. The number of carbonyl (C=O) groups is 1. The molecule has 10 heteroatoms. The predicted octanol–water partition coefficient (Wildman–Crippen LogP) is 0.159. The molecule has 1 rings (SSSR count). The van der Waals surface area contributed by atoms with Crippen LogP contribution in [0.25, 0.3) is 0 Å². The number of nitrogens with zero attached hydrogens (tertiary/aromatic N) is 2. The van der Waals surface area contributed by atoms with Crippen LogP contribution in [0.5, 0.6) is 0 Å². The van der Waals surface area contributed by atoms with E-state index in [2.05, 4.69) is 5.16 Å². The zero-order chi connectivity index (χ0) is 17.8. The minimum Gasteiger partial charge on any atom is -0.444 e. The fourth-order valence-electron chi connectivity index (χ4n) is 2.28. The highest BCUT2D eigenvalue weighted by atomic mass is 32.2. The summed E-state index contributed by atoms with van der Waals surface area (Å²) in [6, 6.07) is -0.486. The fraction of sp³-hybridized carbons (Fsp3) is 0.846. The molecule has 0 bridgehead atoms. The van der Waals surface area contributed by atoms with E-state index >= 15 is 0 Å². The first-order chi connectivity index (χ1) is 10.5. The van der Waals surface area contributed by atoms with Gasteiger partial charge in [-0.2, -0.15) is 8.42 Å². The lowest BCUT2D eigenvalue weighted by atomic mass is 10.0. The Labute approximate surface area is 136 Å². The van der Waals surface area contributed by atoms with Crippen molar-refractivity contribution in [1.29, 1.82) is 0 Å². The summed E-state index contributed by atoms with van der Waals surface area (Å²) in [7, 11) is -2.25. The van der Waals surface area contributed by atoms with Crippen LogP contribution >= 0.6 is 0 Å². The van der Waals surface area contributed by atoms with Crippen LogP contribution in [0, 0.1) is 5.92 Å². The molecule has 2 N–H and O–H groups in total. The van der Waals surface area contributed by atoms with Crippen LogP contribution in [0.3, 0.4) is 0 Å². The molecule has 0 saturated carbocycles. The van der Waals surface area contributed by atoms with Crippen LogP contribution < -0.4 is 5.73 Å². The Morgan fingerprint density at radius 2 is 2.04 bits per heavy atom. The van der Waals surface area contributed by atoms with Crippen molar-refractivity contribution < 1.29 is 27.0 Å². The molecule has 134 valence electrons. The first kappa shape index (κ1) is 19.7. The summed E-state index contributed by atoms with van der Waals surface area (Å²) in [6.45, 7) is 5.36. The molecule has 0 aromatic rings. The maximum atomic E-state index is 12.3. The average Bonchev–Trinajstić information content (AvgIpc) is 2.72. The molecule has 2 atom stereocenters. The van der Waals surface area contributed by atoms with Crippen molar-refractivity contribution in [3.05, 3.63) is 0 Å². The van der Waals surface area contributed by atoms with Crippen molar-refractivity contribution in [2.45, 2.75) is 32.4 Å². The minimum absolute atomic E-state index is 0.111. The lowest BCUT2D eigenvalue weighted by Gasteiger charge is -2.29. The molecule has 1 saturated heterocycles. The first-order valence-electron chi connectivity index (χ1n) is 7.12. The van der Waals surface area contributed by atoms with E-state index in [1.807, 2.05) is 0 Å². The molecule has 23 heavy (non-hydrogen) atoms. The van der Waals surface area contributed by atoms with Crippen LogP contribution in [0.1, 0.15) is 20.8 Å². The largest absolute Gasteiger partial charge is 0.444 e. The number of hydrogen-bond acceptors (Lipinski definition) is 8. The van der Waals surface area contributed by atoms with Gasteiger partial charge >= 0.3 is 6.09 Å². The highest BCUT2D eigenvalue weighted by molar-refractivity contribution is 7.85. The van der Waals surface area contributed by atoms with Gasteiger partial charge in [0.05, 0.1) is 31.2 Å². The number of hydrogen-bond donors (Lipinski definition) is 1. The van der Waals surface area contributed by atoms with E-state index in [0.717, 1.165) is 6.26 Å². The normalized spacial score (nSPS) is 24.1. The minimum atomic E-state index is -3.62. The summed E-state index contributed by atoms with van der Waals surface area (Å²) >= 11 is 0. The zero-order valence-corrected chi connectivity index (χ0v) is 14.9. The van der Waals surface area contributed by atoms with Gasteiger partial charge in [0.15, 0.2) is 0 Å². The van der Waals surface area contributed by atoms with Crippen molar-refractivity contribution in [2.75, 3.05) is 33.1 Å². The van der Waals surface area contributed by atoms with E-state index in [1.54, 1.807) is 20.8 Å². The highest BCUT2D eigenvalue weighted by Gasteiger charge is 2.43. The Morgan fingerprint density at radius 3 is 2.48 bits per heavy atom. The molecule has 1 fully saturated rings. The summed E-state index contributed by atoms with van der Waals surface area (Å²) < 4.78 is 32.6. The van der Waals surface area contributed by atoms with Crippen molar-refractivity contribution in [3.8, 4) is 0 Å². The van der Waals surface area contributed by atoms with Crippen LogP contribution in [0.4, 0.5) is 4.79 Å². The summed E-state index contributed by atoms with van der Waals surface area (Å²) in [5.41, 5.74) is 5.59. The Balaban J connectivity index is 2.99. The third-order valence-electron chi connectivity index (χ3n) is 3.16. The van der Waals surface area contributed by atoms with Gasteiger partial charge in [-0.05, 0) is 20.8 Å².